The fraction of sp³-hybridized carbons (Fsp3) is 0.500. The van der Waals surface area contributed by atoms with E-state index in [1.54, 1.807) is 11.0 Å². The van der Waals surface area contributed by atoms with E-state index in [1.165, 1.54) is 6.33 Å². The summed E-state index contributed by atoms with van der Waals surface area (Å²) in [6.45, 7) is 5.08. The second-order valence-corrected chi connectivity index (χ2v) is 5.21. The number of hydrogen-bond donors (Lipinski definition) is 0. The number of anilines is 1. The summed E-state index contributed by atoms with van der Waals surface area (Å²) in [6, 6.07) is 3.79. The largest absolute Gasteiger partial charge is 0.352 e. The highest BCUT2D eigenvalue weighted by Crippen LogP contribution is 2.14. The smallest absolute Gasteiger partial charge is 0.222 e. The first-order valence-electron chi connectivity index (χ1n) is 7.49. The Morgan fingerprint density at radius 1 is 1.14 bits per heavy atom. The summed E-state index contributed by atoms with van der Waals surface area (Å²) in [7, 11) is 0. The van der Waals surface area contributed by atoms with Crippen LogP contribution in [0.1, 0.15) is 19.8 Å². The number of carbonyl (C=O) groups excluding carboxylic acids is 1. The minimum atomic E-state index is 0.245. The van der Waals surface area contributed by atoms with E-state index >= 15 is 0 Å². The maximum absolute atomic E-state index is 11.9. The third kappa shape index (κ3) is 3.05. The number of hydrogen-bond acceptors (Lipinski definition) is 6. The average Bonchev–Trinajstić information content (AvgIpc) is 3.10. The maximum atomic E-state index is 11.9. The molecule has 0 bridgehead atoms. The van der Waals surface area contributed by atoms with Gasteiger partial charge in [-0.05, 0) is 18.6 Å². The molecule has 1 saturated heterocycles. The lowest BCUT2D eigenvalue weighted by molar-refractivity contribution is -0.131. The molecule has 8 heteroatoms. The molecule has 3 heterocycles. The summed E-state index contributed by atoms with van der Waals surface area (Å²) in [4.78, 5) is 19.8. The molecule has 3 rings (SSSR count). The van der Waals surface area contributed by atoms with Crippen LogP contribution < -0.4 is 4.90 Å². The zero-order chi connectivity index (χ0) is 15.4. The Hall–Kier alpha value is -2.51. The molecule has 0 radical (unpaired) electrons. The van der Waals surface area contributed by atoms with E-state index < -0.39 is 0 Å². The zero-order valence-corrected chi connectivity index (χ0v) is 12.6. The number of amides is 1. The van der Waals surface area contributed by atoms with Crippen LogP contribution >= 0.6 is 0 Å². The number of piperazine rings is 1. The van der Waals surface area contributed by atoms with Crippen LogP contribution in [-0.4, -0.2) is 61.9 Å². The van der Waals surface area contributed by atoms with E-state index in [0.29, 0.717) is 12.2 Å². The van der Waals surface area contributed by atoms with Crippen LogP contribution in [0.4, 0.5) is 5.82 Å². The molecule has 0 saturated carbocycles. The molecule has 0 N–H and O–H groups in total. The van der Waals surface area contributed by atoms with Gasteiger partial charge in [-0.2, -0.15) is 5.10 Å². The highest BCUT2D eigenvalue weighted by molar-refractivity contribution is 5.76. The van der Waals surface area contributed by atoms with Crippen molar-refractivity contribution in [3.63, 3.8) is 0 Å². The number of rotatable bonds is 4. The summed E-state index contributed by atoms with van der Waals surface area (Å²) < 4.78 is 1.57. The van der Waals surface area contributed by atoms with Gasteiger partial charge in [0.25, 0.3) is 0 Å². The predicted octanol–water partition coefficient (Wildman–Crippen LogP) is 0.506. The third-order valence-corrected chi connectivity index (χ3v) is 3.71. The Kier molecular flexibility index (Phi) is 4.27. The lowest BCUT2D eigenvalue weighted by Crippen LogP contribution is -2.49. The topological polar surface area (TPSA) is 80.0 Å². The highest BCUT2D eigenvalue weighted by atomic mass is 16.2. The second kappa shape index (κ2) is 6.50. The first-order valence-corrected chi connectivity index (χ1v) is 7.49. The average molecular weight is 301 g/mol. The highest BCUT2D eigenvalue weighted by Gasteiger charge is 2.21. The minimum absolute atomic E-state index is 0.245. The summed E-state index contributed by atoms with van der Waals surface area (Å²) in [5, 5.41) is 12.4. The van der Waals surface area contributed by atoms with Gasteiger partial charge in [-0.3, -0.25) is 4.79 Å². The quantitative estimate of drug-likeness (QED) is 0.818. The fourth-order valence-electron chi connectivity index (χ4n) is 2.49. The zero-order valence-electron chi connectivity index (χ0n) is 12.6. The Morgan fingerprint density at radius 2 is 1.86 bits per heavy atom. The Labute approximate surface area is 128 Å². The van der Waals surface area contributed by atoms with E-state index in [0.717, 1.165) is 38.4 Å². The molecule has 0 spiro atoms. The lowest BCUT2D eigenvalue weighted by atomic mass is 10.2. The van der Waals surface area contributed by atoms with Gasteiger partial charge in [-0.15, -0.1) is 10.2 Å². The molecule has 2 aromatic heterocycles. The lowest BCUT2D eigenvalue weighted by Gasteiger charge is -2.35. The van der Waals surface area contributed by atoms with Gasteiger partial charge in [-0.25, -0.2) is 9.67 Å². The van der Waals surface area contributed by atoms with Crippen molar-refractivity contribution in [2.75, 3.05) is 31.1 Å². The van der Waals surface area contributed by atoms with Crippen LogP contribution in [0.2, 0.25) is 0 Å². The number of aromatic nitrogens is 5. The fourth-order valence-corrected chi connectivity index (χ4v) is 2.49. The molecule has 1 fully saturated rings. The predicted molar refractivity (Wildman–Crippen MR) is 80.7 cm³/mol. The first kappa shape index (κ1) is 14.4. The molecule has 1 aliphatic heterocycles. The van der Waals surface area contributed by atoms with E-state index in [9.17, 15) is 4.79 Å². The summed E-state index contributed by atoms with van der Waals surface area (Å²) in [5.41, 5.74) is 0. The van der Waals surface area contributed by atoms with E-state index in [2.05, 4.69) is 25.2 Å². The molecule has 1 aliphatic rings. The Balaban J connectivity index is 1.61. The summed E-state index contributed by atoms with van der Waals surface area (Å²) >= 11 is 0. The van der Waals surface area contributed by atoms with Crippen molar-refractivity contribution >= 4 is 11.7 Å². The van der Waals surface area contributed by atoms with Crippen molar-refractivity contribution in [2.45, 2.75) is 19.8 Å². The molecule has 116 valence electrons. The van der Waals surface area contributed by atoms with Crippen LogP contribution in [-0.2, 0) is 4.79 Å². The second-order valence-electron chi connectivity index (χ2n) is 5.21. The Bertz CT molecular complexity index is 603. The van der Waals surface area contributed by atoms with Gasteiger partial charge in [0.2, 0.25) is 5.91 Å². The van der Waals surface area contributed by atoms with Crippen molar-refractivity contribution in [1.82, 2.24) is 29.9 Å². The molecular formula is C14H19N7O. The van der Waals surface area contributed by atoms with Crippen LogP contribution in [0, 0.1) is 0 Å². The SMILES string of the molecule is CCCC(=O)N1CCN(c2ccc(-n3cncn3)nn2)CC1. The molecular weight excluding hydrogens is 282 g/mol. The van der Waals surface area contributed by atoms with Gasteiger partial charge >= 0.3 is 0 Å². The molecule has 0 aliphatic carbocycles. The molecule has 1 amide bonds. The monoisotopic (exact) mass is 301 g/mol. The van der Waals surface area contributed by atoms with Crippen LogP contribution in [0.5, 0.6) is 0 Å². The van der Waals surface area contributed by atoms with Gasteiger partial charge < -0.3 is 9.80 Å². The van der Waals surface area contributed by atoms with Gasteiger partial charge in [0, 0.05) is 32.6 Å². The van der Waals surface area contributed by atoms with Gasteiger partial charge in [0.05, 0.1) is 0 Å². The van der Waals surface area contributed by atoms with Crippen molar-refractivity contribution < 1.29 is 4.79 Å². The van der Waals surface area contributed by atoms with Crippen LogP contribution in [0.3, 0.4) is 0 Å². The molecule has 8 nitrogen and oxygen atoms in total. The summed E-state index contributed by atoms with van der Waals surface area (Å²) in [6.07, 6.45) is 4.57. The van der Waals surface area contributed by atoms with E-state index in [1.807, 2.05) is 24.0 Å². The summed E-state index contributed by atoms with van der Waals surface area (Å²) in [5.74, 6) is 1.71. The molecule has 2 aromatic rings. The van der Waals surface area contributed by atoms with Gasteiger partial charge in [-0.1, -0.05) is 6.92 Å². The van der Waals surface area contributed by atoms with E-state index in [4.69, 9.17) is 0 Å². The van der Waals surface area contributed by atoms with Crippen molar-refractivity contribution in [3.05, 3.63) is 24.8 Å². The molecule has 22 heavy (non-hydrogen) atoms. The minimum Gasteiger partial charge on any atom is -0.352 e. The maximum Gasteiger partial charge on any atom is 0.222 e. The normalized spacial score (nSPS) is 15.1. The van der Waals surface area contributed by atoms with E-state index in [-0.39, 0.29) is 5.91 Å². The molecule has 0 aromatic carbocycles. The van der Waals surface area contributed by atoms with Crippen molar-refractivity contribution in [1.29, 1.82) is 0 Å². The standard InChI is InChI=1S/C14H19N7O/c1-2-3-14(22)20-8-6-19(7-9-20)12-4-5-13(18-17-12)21-11-15-10-16-21/h4-5,10-11H,2-3,6-9H2,1H3. The van der Waals surface area contributed by atoms with Crippen molar-refractivity contribution in [2.24, 2.45) is 0 Å². The van der Waals surface area contributed by atoms with Crippen molar-refractivity contribution in [3.8, 4) is 5.82 Å². The van der Waals surface area contributed by atoms with Gasteiger partial charge in [0.1, 0.15) is 12.7 Å². The van der Waals surface area contributed by atoms with Gasteiger partial charge in [0.15, 0.2) is 11.6 Å². The number of carbonyl (C=O) groups is 1. The first-order chi connectivity index (χ1) is 10.8. The van der Waals surface area contributed by atoms with Crippen LogP contribution in [0.15, 0.2) is 24.8 Å². The Morgan fingerprint density at radius 3 is 2.45 bits per heavy atom. The molecule has 0 unspecified atom stereocenters. The molecule has 0 atom stereocenters. The number of nitrogens with zero attached hydrogens (tertiary/aromatic N) is 7. The third-order valence-electron chi connectivity index (χ3n) is 3.71. The van der Waals surface area contributed by atoms with Crippen LogP contribution in [0.25, 0.3) is 5.82 Å².